The Morgan fingerprint density at radius 3 is 0.761 bits per heavy atom. The Morgan fingerprint density at radius 1 is 0.543 bits per heavy atom. The molecule has 0 aliphatic carbocycles. The number of methoxy groups -OCH3 is 5. The lowest BCUT2D eigenvalue weighted by Gasteiger charge is -1.90. The van der Waals surface area contributed by atoms with E-state index in [4.69, 9.17) is 0 Å². The van der Waals surface area contributed by atoms with Crippen molar-refractivity contribution in [3.63, 3.8) is 0 Å². The van der Waals surface area contributed by atoms with Gasteiger partial charge in [-0.1, -0.05) is 7.43 Å². The summed E-state index contributed by atoms with van der Waals surface area (Å²) in [5.74, 6) is -0.481. The van der Waals surface area contributed by atoms with Crippen LogP contribution in [0.4, 0.5) is 4.79 Å². The molecule has 19 nitrogen and oxygen atoms in total. The normalized spacial score (nSPS) is 8.07. The van der Waals surface area contributed by atoms with Crippen molar-refractivity contribution < 1.29 is 77.8 Å². The smallest absolute Gasteiger partial charge is 0.469 e. The zero-order chi connectivity index (χ0) is 38.2. The van der Waals surface area contributed by atoms with Crippen molar-refractivity contribution in [3.05, 3.63) is 0 Å². The molecule has 2 amide bonds. The highest BCUT2D eigenvalue weighted by atomic mass is 32.2. The Balaban J connectivity index is -0.0000000399. The lowest BCUT2D eigenvalue weighted by atomic mass is 10.7. The third-order valence-electron chi connectivity index (χ3n) is 2.14. The van der Waals surface area contributed by atoms with E-state index in [2.05, 4.69) is 56.1 Å². The van der Waals surface area contributed by atoms with E-state index in [0.717, 1.165) is 0 Å². The minimum Gasteiger partial charge on any atom is -0.469 e. The third-order valence-corrected chi connectivity index (χ3v) is 3.21. The number of hydrogen-bond acceptors (Lipinski definition) is 18. The average Bonchev–Trinajstić information content (AvgIpc) is 3.02. The van der Waals surface area contributed by atoms with E-state index < -0.39 is 28.9 Å². The van der Waals surface area contributed by atoms with Crippen LogP contribution in [-0.2, 0) is 87.4 Å². The molecular formula is C24H60N2O17S3. The van der Waals surface area contributed by atoms with Gasteiger partial charge in [-0.05, 0) is 12.5 Å². The molecule has 0 aromatic carbocycles. The van der Waals surface area contributed by atoms with E-state index in [1.165, 1.54) is 84.6 Å². The molecule has 0 aliphatic heterocycles. The van der Waals surface area contributed by atoms with E-state index in [1.54, 1.807) is 40.1 Å². The van der Waals surface area contributed by atoms with Gasteiger partial charge in [0.2, 0.25) is 11.8 Å². The molecule has 0 radical (unpaired) electrons. The van der Waals surface area contributed by atoms with Crippen LogP contribution in [0, 0.1) is 0 Å². The van der Waals surface area contributed by atoms with Gasteiger partial charge >= 0.3 is 40.8 Å². The zero-order valence-electron chi connectivity index (χ0n) is 29.7. The summed E-state index contributed by atoms with van der Waals surface area (Å²) in [6.07, 6.45) is 3.43. The van der Waals surface area contributed by atoms with Gasteiger partial charge in [-0.15, -0.1) is 4.33 Å². The van der Waals surface area contributed by atoms with Crippen molar-refractivity contribution in [2.24, 2.45) is 0 Å². The Kier molecular flexibility index (Phi) is 112. The standard InChI is InChI=1S/2C3H7NO.C3H6O3.2C3H6O2.C2H6O4S.C2H6O3S.C2H6O.C2H6S.CH4/c2*1-3(5)4-2;1-5-3(4)6-2;2*1-3(4)5-2;1-4-6-7(3)5-2;1-4-6(3)5-2;2*1-3-2;/h2*1-2H3,(H,4,5);1-2H3;2*1-2H3;1-2H3;1-2H3;2*1-2H3;1H4. The molecule has 0 saturated heterocycles. The Bertz CT molecular complexity index is 590. The molecule has 22 heteroatoms. The fourth-order valence-electron chi connectivity index (χ4n) is 0.235. The molecule has 0 spiro atoms. The van der Waals surface area contributed by atoms with Crippen molar-refractivity contribution in [2.45, 2.75) is 35.1 Å². The first-order valence-corrected chi connectivity index (χ1v) is 15.0. The minimum absolute atomic E-state index is 0. The first-order chi connectivity index (χ1) is 20.8. The molecule has 1 atom stereocenters. The summed E-state index contributed by atoms with van der Waals surface area (Å²) in [7, 11) is 16.8. The molecule has 0 bridgehead atoms. The SMILES string of the molecule is C.CNC(C)=O.CNC(C)=O.COC.COC(=O)OC.COC(C)=O.COC(C)=O.COOS(=O)OC.COS(=O)OC.CSC. The summed E-state index contributed by atoms with van der Waals surface area (Å²) in [6.45, 7) is 5.67. The van der Waals surface area contributed by atoms with Gasteiger partial charge in [-0.2, -0.15) is 20.2 Å². The molecule has 2 N–H and O–H groups in total. The second-order valence-electron chi connectivity index (χ2n) is 5.62. The maximum atomic E-state index is 9.95. The highest BCUT2D eigenvalue weighted by Crippen LogP contribution is 1.82. The monoisotopic (exact) mass is 744 g/mol. The van der Waals surface area contributed by atoms with Crippen molar-refractivity contribution >= 4 is 64.4 Å². The highest BCUT2D eigenvalue weighted by Gasteiger charge is 1.91. The summed E-state index contributed by atoms with van der Waals surface area (Å²) >= 11 is -1.53. The third kappa shape index (κ3) is 198. The van der Waals surface area contributed by atoms with Gasteiger partial charge in [-0.3, -0.25) is 31.7 Å². The summed E-state index contributed by atoms with van der Waals surface area (Å²) in [5, 5.41) is 4.78. The molecule has 286 valence electrons. The van der Waals surface area contributed by atoms with Gasteiger partial charge in [0.15, 0.2) is 0 Å². The molecular weight excluding hydrogens is 684 g/mol. The fourth-order valence-corrected chi connectivity index (χ4v) is 0.537. The van der Waals surface area contributed by atoms with Gasteiger partial charge in [0.1, 0.15) is 0 Å². The summed E-state index contributed by atoms with van der Waals surface area (Å²) < 4.78 is 56.7. The molecule has 0 aliphatic rings. The first kappa shape index (κ1) is 70.1. The van der Waals surface area contributed by atoms with Crippen LogP contribution in [0.1, 0.15) is 35.1 Å². The number of hydrogen-bond donors (Lipinski definition) is 2. The number of carbonyl (C=O) groups is 5. The maximum Gasteiger partial charge on any atom is 0.507 e. The van der Waals surface area contributed by atoms with Crippen LogP contribution in [-0.4, -0.2) is 136 Å². The molecule has 0 rings (SSSR count). The highest BCUT2D eigenvalue weighted by molar-refractivity contribution is 7.97. The zero-order valence-corrected chi connectivity index (χ0v) is 32.1. The predicted molar refractivity (Wildman–Crippen MR) is 179 cm³/mol. The van der Waals surface area contributed by atoms with Crippen LogP contribution >= 0.6 is 11.8 Å². The van der Waals surface area contributed by atoms with Gasteiger partial charge in [-0.25, -0.2) is 9.68 Å². The Hall–Kier alpha value is -2.44. The first-order valence-electron chi connectivity index (χ1n) is 11.4. The Labute approximate surface area is 285 Å². The number of ether oxygens (including phenoxy) is 5. The van der Waals surface area contributed by atoms with Crippen LogP contribution < -0.4 is 10.6 Å². The lowest BCUT2D eigenvalue weighted by Crippen LogP contribution is -2.11. The van der Waals surface area contributed by atoms with Crippen LogP contribution in [0.25, 0.3) is 0 Å². The summed E-state index contributed by atoms with van der Waals surface area (Å²) in [6, 6.07) is 0. The molecule has 0 heterocycles. The van der Waals surface area contributed by atoms with Gasteiger partial charge in [0.25, 0.3) is 0 Å². The van der Waals surface area contributed by atoms with Gasteiger partial charge < -0.3 is 34.3 Å². The van der Waals surface area contributed by atoms with Crippen LogP contribution in [0.2, 0.25) is 0 Å². The van der Waals surface area contributed by atoms with Gasteiger partial charge in [0, 0.05) is 56.0 Å². The number of nitrogens with one attached hydrogen (secondary N) is 2. The number of thioether (sulfide) groups is 1. The van der Waals surface area contributed by atoms with Crippen LogP contribution in [0.15, 0.2) is 0 Å². The quantitative estimate of drug-likeness (QED) is 0.177. The van der Waals surface area contributed by atoms with Crippen molar-refractivity contribution in [2.75, 3.05) is 97.7 Å². The maximum absolute atomic E-state index is 9.95. The number of esters is 2. The van der Waals surface area contributed by atoms with E-state index in [1.807, 2.05) is 12.5 Å². The van der Waals surface area contributed by atoms with E-state index >= 15 is 0 Å². The Morgan fingerprint density at radius 2 is 0.739 bits per heavy atom. The van der Waals surface area contributed by atoms with Crippen molar-refractivity contribution in [3.8, 4) is 0 Å². The fraction of sp³-hybridized carbons (Fsp3) is 0.792. The summed E-state index contributed by atoms with van der Waals surface area (Å²) in [4.78, 5) is 52.3. The van der Waals surface area contributed by atoms with Crippen molar-refractivity contribution in [1.82, 2.24) is 10.6 Å². The summed E-state index contributed by atoms with van der Waals surface area (Å²) in [5.41, 5.74) is 0. The largest absolute Gasteiger partial charge is 0.507 e. The number of carbonyl (C=O) groups excluding carboxylic acids is 5. The molecule has 0 saturated carbocycles. The molecule has 0 fully saturated rings. The average molecular weight is 745 g/mol. The molecule has 0 aromatic rings. The van der Waals surface area contributed by atoms with Crippen LogP contribution in [0.3, 0.4) is 0 Å². The second-order valence-corrected chi connectivity index (χ2v) is 8.39. The van der Waals surface area contributed by atoms with Crippen molar-refractivity contribution in [1.29, 1.82) is 0 Å². The molecule has 46 heavy (non-hydrogen) atoms. The molecule has 0 aromatic heterocycles. The number of rotatable bonds is 5. The van der Waals surface area contributed by atoms with E-state index in [0.29, 0.717) is 0 Å². The predicted octanol–water partition coefficient (Wildman–Crippen LogP) is 1.79. The topological polar surface area (TPSA) is 236 Å². The van der Waals surface area contributed by atoms with E-state index in [9.17, 15) is 32.4 Å². The molecule has 1 unspecified atom stereocenters. The van der Waals surface area contributed by atoms with Crippen LogP contribution in [0.5, 0.6) is 0 Å². The second kappa shape index (κ2) is 73.8. The number of amides is 2. The van der Waals surface area contributed by atoms with E-state index in [-0.39, 0.29) is 31.2 Å². The van der Waals surface area contributed by atoms with Gasteiger partial charge in [0.05, 0.1) is 56.9 Å². The minimum atomic E-state index is -1.75. The lowest BCUT2D eigenvalue weighted by molar-refractivity contribution is -0.173.